The lowest BCUT2D eigenvalue weighted by atomic mass is 10.2. The molecule has 31 heavy (non-hydrogen) atoms. The zero-order valence-electron chi connectivity index (χ0n) is 17.3. The molecule has 0 saturated carbocycles. The summed E-state index contributed by atoms with van der Waals surface area (Å²) in [6, 6.07) is 16.0. The Morgan fingerprint density at radius 3 is 2.52 bits per heavy atom. The van der Waals surface area contributed by atoms with Crippen molar-refractivity contribution in [3.63, 3.8) is 0 Å². The van der Waals surface area contributed by atoms with Gasteiger partial charge < -0.3 is 9.73 Å². The molecule has 164 valence electrons. The van der Waals surface area contributed by atoms with Crippen LogP contribution in [-0.4, -0.2) is 47.7 Å². The molecule has 3 rings (SSSR count). The monoisotopic (exact) mass is 460 g/mol. The normalized spacial score (nSPS) is 11.6. The predicted molar refractivity (Wildman–Crippen MR) is 119 cm³/mol. The maximum Gasteiger partial charge on any atom is 0.277 e. The summed E-state index contributed by atoms with van der Waals surface area (Å²) in [6.45, 7) is 4.81. The van der Waals surface area contributed by atoms with Gasteiger partial charge in [-0.05, 0) is 23.8 Å². The van der Waals surface area contributed by atoms with E-state index in [2.05, 4.69) is 15.5 Å². The smallest absolute Gasteiger partial charge is 0.277 e. The molecule has 10 heteroatoms. The van der Waals surface area contributed by atoms with E-state index in [0.29, 0.717) is 25.2 Å². The molecule has 1 amide bonds. The van der Waals surface area contributed by atoms with Gasteiger partial charge in [0.2, 0.25) is 21.8 Å². The van der Waals surface area contributed by atoms with Crippen LogP contribution in [0.2, 0.25) is 0 Å². The molecule has 0 saturated heterocycles. The van der Waals surface area contributed by atoms with Gasteiger partial charge in [-0.1, -0.05) is 62.0 Å². The van der Waals surface area contributed by atoms with E-state index in [1.54, 1.807) is 32.0 Å². The van der Waals surface area contributed by atoms with Gasteiger partial charge >= 0.3 is 0 Å². The number of rotatable bonds is 10. The van der Waals surface area contributed by atoms with Crippen LogP contribution >= 0.6 is 11.8 Å². The Morgan fingerprint density at radius 2 is 1.81 bits per heavy atom. The molecule has 8 nitrogen and oxygen atoms in total. The van der Waals surface area contributed by atoms with Gasteiger partial charge in [-0.2, -0.15) is 4.31 Å². The van der Waals surface area contributed by atoms with Crippen molar-refractivity contribution in [3.05, 3.63) is 60.2 Å². The molecule has 0 aliphatic heterocycles. The first-order chi connectivity index (χ1) is 14.9. The topological polar surface area (TPSA) is 105 Å². The van der Waals surface area contributed by atoms with Crippen LogP contribution in [0.15, 0.2) is 69.1 Å². The minimum Gasteiger partial charge on any atom is -0.411 e. The van der Waals surface area contributed by atoms with Crippen molar-refractivity contribution in [2.75, 3.05) is 18.8 Å². The van der Waals surface area contributed by atoms with E-state index in [-0.39, 0.29) is 27.7 Å². The van der Waals surface area contributed by atoms with Gasteiger partial charge in [-0.25, -0.2) is 8.42 Å². The van der Waals surface area contributed by atoms with Crippen molar-refractivity contribution in [1.29, 1.82) is 0 Å². The zero-order chi connectivity index (χ0) is 22.3. The largest absolute Gasteiger partial charge is 0.411 e. The predicted octanol–water partition coefficient (Wildman–Crippen LogP) is 3.18. The molecule has 0 bridgehead atoms. The van der Waals surface area contributed by atoms with E-state index < -0.39 is 10.0 Å². The fourth-order valence-corrected chi connectivity index (χ4v) is 4.96. The van der Waals surface area contributed by atoms with Crippen molar-refractivity contribution in [3.8, 4) is 11.5 Å². The number of amides is 1. The lowest BCUT2D eigenvalue weighted by Gasteiger charge is -2.18. The Balaban J connectivity index is 1.62. The maximum atomic E-state index is 12.7. The minimum absolute atomic E-state index is 0.130. The molecule has 0 unspecified atom stereocenters. The highest BCUT2D eigenvalue weighted by Gasteiger charge is 2.22. The summed E-state index contributed by atoms with van der Waals surface area (Å²) in [4.78, 5) is 12.2. The Hall–Kier alpha value is -2.69. The molecule has 0 aliphatic carbocycles. The first kappa shape index (κ1) is 23.0. The molecule has 0 atom stereocenters. The van der Waals surface area contributed by atoms with Gasteiger partial charge in [-0.3, -0.25) is 4.79 Å². The van der Waals surface area contributed by atoms with Crippen LogP contribution in [0.4, 0.5) is 0 Å². The molecule has 1 aromatic heterocycles. The van der Waals surface area contributed by atoms with Crippen molar-refractivity contribution < 1.29 is 17.6 Å². The van der Waals surface area contributed by atoms with E-state index in [1.165, 1.54) is 10.4 Å². The number of carbonyl (C=O) groups excluding carboxylic acids is 1. The van der Waals surface area contributed by atoms with Crippen LogP contribution in [0.1, 0.15) is 19.4 Å². The number of benzene rings is 2. The van der Waals surface area contributed by atoms with E-state index in [4.69, 9.17) is 4.42 Å². The molecule has 1 heterocycles. The zero-order valence-corrected chi connectivity index (χ0v) is 18.9. The van der Waals surface area contributed by atoms with Crippen LogP contribution < -0.4 is 5.32 Å². The average Bonchev–Trinajstić information content (AvgIpc) is 3.27. The molecular formula is C21H24N4O4S2. The van der Waals surface area contributed by atoms with Crippen LogP contribution in [0, 0.1) is 0 Å². The lowest BCUT2D eigenvalue weighted by Crippen LogP contribution is -2.30. The number of thioether (sulfide) groups is 1. The Bertz CT molecular complexity index is 1110. The number of carbonyl (C=O) groups is 1. The molecule has 0 fully saturated rings. The summed E-state index contributed by atoms with van der Waals surface area (Å²) in [5.41, 5.74) is 1.52. The summed E-state index contributed by atoms with van der Waals surface area (Å²) in [5, 5.41) is 11.0. The van der Waals surface area contributed by atoms with Crippen LogP contribution in [0.5, 0.6) is 0 Å². The second kappa shape index (κ2) is 10.6. The first-order valence-electron chi connectivity index (χ1n) is 9.81. The molecular weight excluding hydrogens is 436 g/mol. The van der Waals surface area contributed by atoms with Gasteiger partial charge in [0.05, 0.1) is 10.6 Å². The second-order valence-corrected chi connectivity index (χ2v) is 9.41. The summed E-state index contributed by atoms with van der Waals surface area (Å²) in [5.74, 6) is 0.176. The Kier molecular flexibility index (Phi) is 7.83. The van der Waals surface area contributed by atoms with Crippen molar-refractivity contribution in [2.45, 2.75) is 30.5 Å². The van der Waals surface area contributed by atoms with E-state index in [0.717, 1.165) is 17.3 Å². The van der Waals surface area contributed by atoms with Crippen LogP contribution in [-0.2, 0) is 21.4 Å². The number of hydrogen-bond donors (Lipinski definition) is 1. The lowest BCUT2D eigenvalue weighted by molar-refractivity contribution is -0.118. The maximum absolute atomic E-state index is 12.7. The van der Waals surface area contributed by atoms with Gasteiger partial charge in [0.1, 0.15) is 0 Å². The van der Waals surface area contributed by atoms with E-state index >= 15 is 0 Å². The number of nitrogens with zero attached hydrogens (tertiary/aromatic N) is 3. The van der Waals surface area contributed by atoms with E-state index in [9.17, 15) is 13.2 Å². The average molecular weight is 461 g/mol. The highest BCUT2D eigenvalue weighted by atomic mass is 32.2. The van der Waals surface area contributed by atoms with Crippen LogP contribution in [0.3, 0.4) is 0 Å². The summed E-state index contributed by atoms with van der Waals surface area (Å²) in [7, 11) is -3.59. The molecule has 3 aromatic rings. The van der Waals surface area contributed by atoms with Crippen molar-refractivity contribution in [2.24, 2.45) is 0 Å². The molecule has 1 N–H and O–H groups in total. The van der Waals surface area contributed by atoms with E-state index in [1.807, 2.05) is 30.3 Å². The van der Waals surface area contributed by atoms with Crippen LogP contribution in [0.25, 0.3) is 11.5 Å². The third-order valence-corrected chi connectivity index (χ3v) is 7.35. The van der Waals surface area contributed by atoms with Gasteiger partial charge in [0.15, 0.2) is 0 Å². The fourth-order valence-electron chi connectivity index (χ4n) is 2.86. The van der Waals surface area contributed by atoms with Gasteiger partial charge in [0, 0.05) is 25.2 Å². The highest BCUT2D eigenvalue weighted by Crippen LogP contribution is 2.26. The summed E-state index contributed by atoms with van der Waals surface area (Å²) in [6.07, 6.45) is 0. The fraction of sp³-hybridized carbons (Fsp3) is 0.286. The number of hydrogen-bond acceptors (Lipinski definition) is 7. The van der Waals surface area contributed by atoms with Gasteiger partial charge in [0.25, 0.3) is 5.22 Å². The molecule has 0 radical (unpaired) electrons. The highest BCUT2D eigenvalue weighted by molar-refractivity contribution is 7.99. The van der Waals surface area contributed by atoms with Crippen molar-refractivity contribution >= 4 is 27.7 Å². The Morgan fingerprint density at radius 1 is 1.06 bits per heavy atom. The summed E-state index contributed by atoms with van der Waals surface area (Å²) >= 11 is 1.12. The molecule has 2 aromatic carbocycles. The third-order valence-electron chi connectivity index (χ3n) is 4.49. The van der Waals surface area contributed by atoms with Crippen molar-refractivity contribution in [1.82, 2.24) is 19.8 Å². The standard InChI is InChI=1S/C21H24N4O4S2/c1-3-25(4-2)31(27,28)18-12-8-11-17(13-18)20-23-24-21(29-20)30-15-19(26)22-14-16-9-6-5-7-10-16/h5-13H,3-4,14-15H2,1-2H3,(H,22,26). The SMILES string of the molecule is CCN(CC)S(=O)(=O)c1cccc(-c2nnc(SCC(=O)NCc3ccccc3)o2)c1. The first-order valence-corrected chi connectivity index (χ1v) is 12.2. The summed E-state index contributed by atoms with van der Waals surface area (Å²) < 4.78 is 32.5. The minimum atomic E-state index is -3.59. The Labute approximate surface area is 186 Å². The number of sulfonamides is 1. The molecule has 0 spiro atoms. The number of nitrogens with one attached hydrogen (secondary N) is 1. The second-order valence-electron chi connectivity index (χ2n) is 6.54. The molecule has 0 aliphatic rings. The van der Waals surface area contributed by atoms with Gasteiger partial charge in [-0.15, -0.1) is 10.2 Å². The quantitative estimate of drug-likeness (QED) is 0.463. The third kappa shape index (κ3) is 5.93. The number of aromatic nitrogens is 2.